The van der Waals surface area contributed by atoms with Crippen molar-refractivity contribution >= 4 is 5.82 Å². The van der Waals surface area contributed by atoms with Crippen molar-refractivity contribution in [1.29, 1.82) is 5.26 Å². The van der Waals surface area contributed by atoms with E-state index < -0.39 is 0 Å². The molecule has 1 aromatic rings. The van der Waals surface area contributed by atoms with Gasteiger partial charge in [-0.2, -0.15) is 5.26 Å². The zero-order valence-electron chi connectivity index (χ0n) is 10.5. The highest BCUT2D eigenvalue weighted by atomic mass is 16.5. The second-order valence-electron chi connectivity index (χ2n) is 5.13. The number of pyridine rings is 1. The molecule has 0 unspecified atom stereocenters. The van der Waals surface area contributed by atoms with Gasteiger partial charge in [0.25, 0.3) is 0 Å². The van der Waals surface area contributed by atoms with E-state index >= 15 is 0 Å². The third-order valence-electron chi connectivity index (χ3n) is 3.73. The molecule has 0 amide bonds. The van der Waals surface area contributed by atoms with E-state index in [2.05, 4.69) is 23.3 Å². The van der Waals surface area contributed by atoms with Gasteiger partial charge in [0.2, 0.25) is 0 Å². The molecule has 1 N–H and O–H groups in total. The number of ether oxygens (including phenoxy) is 1. The van der Waals surface area contributed by atoms with Crippen LogP contribution in [0.15, 0.2) is 12.1 Å². The summed E-state index contributed by atoms with van der Waals surface area (Å²) in [6.07, 6.45) is 3.60. The maximum Gasteiger partial charge on any atom is 0.144 e. The Morgan fingerprint density at radius 1 is 1.39 bits per heavy atom. The molecule has 0 radical (unpaired) electrons. The van der Waals surface area contributed by atoms with Gasteiger partial charge in [-0.1, -0.05) is 0 Å². The molecule has 94 valence electrons. The average Bonchev–Trinajstić information content (AvgIpc) is 3.15. The van der Waals surface area contributed by atoms with E-state index in [9.17, 15) is 0 Å². The molecular weight excluding hydrogens is 226 g/mol. The predicted molar refractivity (Wildman–Crippen MR) is 68.4 cm³/mol. The van der Waals surface area contributed by atoms with Crippen molar-refractivity contribution in [3.8, 4) is 6.07 Å². The fourth-order valence-electron chi connectivity index (χ4n) is 2.38. The van der Waals surface area contributed by atoms with E-state index in [1.54, 1.807) is 0 Å². The van der Waals surface area contributed by atoms with Crippen LogP contribution in [0.1, 0.15) is 43.4 Å². The Hall–Kier alpha value is -1.60. The van der Waals surface area contributed by atoms with Gasteiger partial charge >= 0.3 is 0 Å². The Morgan fingerprint density at radius 3 is 2.83 bits per heavy atom. The lowest BCUT2D eigenvalue weighted by Crippen LogP contribution is -2.27. The number of aromatic nitrogens is 1. The Labute approximate surface area is 107 Å². The van der Waals surface area contributed by atoms with E-state index in [0.29, 0.717) is 11.5 Å². The highest BCUT2D eigenvalue weighted by Crippen LogP contribution is 2.39. The zero-order valence-corrected chi connectivity index (χ0v) is 10.5. The van der Waals surface area contributed by atoms with Crippen LogP contribution in [0.2, 0.25) is 0 Å². The van der Waals surface area contributed by atoms with Crippen LogP contribution in [-0.2, 0) is 4.74 Å². The fraction of sp³-hybridized carbons (Fsp3) is 0.571. The molecule has 0 aromatic carbocycles. The molecule has 2 aliphatic rings. The molecule has 3 rings (SSSR count). The summed E-state index contributed by atoms with van der Waals surface area (Å²) in [6.45, 7) is 2.84. The van der Waals surface area contributed by atoms with Gasteiger partial charge < -0.3 is 10.1 Å². The summed E-state index contributed by atoms with van der Waals surface area (Å²) in [5.74, 6) is 1.33. The number of anilines is 1. The average molecular weight is 243 g/mol. The van der Waals surface area contributed by atoms with Gasteiger partial charge in [0, 0.05) is 18.2 Å². The van der Waals surface area contributed by atoms with Crippen LogP contribution in [0, 0.1) is 11.3 Å². The minimum atomic E-state index is 0.183. The lowest BCUT2D eigenvalue weighted by Gasteiger charge is -2.18. The molecule has 18 heavy (non-hydrogen) atoms. The Balaban J connectivity index is 1.84. The van der Waals surface area contributed by atoms with Crippen molar-refractivity contribution in [1.82, 2.24) is 4.98 Å². The Morgan fingerprint density at radius 2 is 2.22 bits per heavy atom. The Kier molecular flexibility index (Phi) is 2.92. The van der Waals surface area contributed by atoms with Crippen LogP contribution in [0.25, 0.3) is 0 Å². The van der Waals surface area contributed by atoms with Gasteiger partial charge in [0.05, 0.1) is 17.7 Å². The monoisotopic (exact) mass is 243 g/mol. The summed E-state index contributed by atoms with van der Waals surface area (Å²) < 4.78 is 5.53. The molecule has 2 fully saturated rings. The standard InChI is InChI=1S/C14H17N3O/c1-9-12(6-7-18-9)16-14-11(8-15)4-5-13(17-14)10-2-3-10/h4-5,9-10,12H,2-3,6-7H2,1H3,(H,16,17)/t9-,12-/m0/s1. The number of hydrogen-bond acceptors (Lipinski definition) is 4. The van der Waals surface area contributed by atoms with Gasteiger partial charge in [-0.25, -0.2) is 4.98 Å². The second-order valence-corrected chi connectivity index (χ2v) is 5.13. The van der Waals surface area contributed by atoms with Crippen molar-refractivity contribution in [3.05, 3.63) is 23.4 Å². The first-order valence-corrected chi connectivity index (χ1v) is 6.57. The highest BCUT2D eigenvalue weighted by Gasteiger charge is 2.28. The number of nitriles is 1. The third-order valence-corrected chi connectivity index (χ3v) is 3.73. The first-order valence-electron chi connectivity index (χ1n) is 6.57. The second kappa shape index (κ2) is 4.58. The van der Waals surface area contributed by atoms with Crippen LogP contribution in [-0.4, -0.2) is 23.7 Å². The number of nitrogens with zero attached hydrogens (tertiary/aromatic N) is 2. The normalized spacial score (nSPS) is 26.9. The molecule has 2 atom stereocenters. The molecule has 1 saturated carbocycles. The third kappa shape index (κ3) is 2.19. The molecule has 1 aliphatic heterocycles. The molecule has 1 aromatic heterocycles. The van der Waals surface area contributed by atoms with Gasteiger partial charge in [-0.05, 0) is 38.3 Å². The van der Waals surface area contributed by atoms with E-state index in [1.807, 2.05) is 12.1 Å². The first kappa shape index (κ1) is 11.5. The van der Waals surface area contributed by atoms with Crippen LogP contribution in [0.5, 0.6) is 0 Å². The molecule has 0 bridgehead atoms. The molecule has 2 heterocycles. The highest BCUT2D eigenvalue weighted by molar-refractivity contribution is 5.53. The molecule has 4 nitrogen and oxygen atoms in total. The summed E-state index contributed by atoms with van der Waals surface area (Å²) in [5, 5.41) is 12.5. The quantitative estimate of drug-likeness (QED) is 0.885. The predicted octanol–water partition coefficient (Wildman–Crippen LogP) is 2.42. The zero-order chi connectivity index (χ0) is 12.5. The van der Waals surface area contributed by atoms with Gasteiger partial charge in [-0.3, -0.25) is 0 Å². The largest absolute Gasteiger partial charge is 0.376 e. The topological polar surface area (TPSA) is 57.9 Å². The van der Waals surface area contributed by atoms with Gasteiger partial charge in [-0.15, -0.1) is 0 Å². The smallest absolute Gasteiger partial charge is 0.144 e. The summed E-state index contributed by atoms with van der Waals surface area (Å²) in [6, 6.07) is 6.33. The molecular formula is C14H17N3O. The number of hydrogen-bond donors (Lipinski definition) is 1. The lowest BCUT2D eigenvalue weighted by atomic mass is 10.1. The molecule has 1 saturated heterocycles. The molecule has 4 heteroatoms. The summed E-state index contributed by atoms with van der Waals surface area (Å²) in [4.78, 5) is 4.61. The van der Waals surface area contributed by atoms with E-state index in [0.717, 1.165) is 24.5 Å². The molecule has 1 aliphatic carbocycles. The number of rotatable bonds is 3. The van der Waals surface area contributed by atoms with Gasteiger partial charge in [0.1, 0.15) is 11.9 Å². The summed E-state index contributed by atoms with van der Waals surface area (Å²) >= 11 is 0. The summed E-state index contributed by atoms with van der Waals surface area (Å²) in [7, 11) is 0. The SMILES string of the molecule is C[C@@H]1OCC[C@@H]1Nc1nc(C2CC2)ccc1C#N. The van der Waals surface area contributed by atoms with Crippen LogP contribution in [0.3, 0.4) is 0 Å². The van der Waals surface area contributed by atoms with E-state index in [-0.39, 0.29) is 12.1 Å². The maximum absolute atomic E-state index is 9.14. The fourth-order valence-corrected chi connectivity index (χ4v) is 2.38. The Bertz CT molecular complexity index is 490. The van der Waals surface area contributed by atoms with E-state index in [1.165, 1.54) is 12.8 Å². The van der Waals surface area contributed by atoms with Crippen molar-refractivity contribution in [3.63, 3.8) is 0 Å². The minimum absolute atomic E-state index is 0.183. The first-order chi connectivity index (χ1) is 8.78. The van der Waals surface area contributed by atoms with Crippen LogP contribution in [0.4, 0.5) is 5.82 Å². The number of nitrogens with one attached hydrogen (secondary N) is 1. The molecule has 0 spiro atoms. The maximum atomic E-state index is 9.14. The lowest BCUT2D eigenvalue weighted by molar-refractivity contribution is 0.121. The van der Waals surface area contributed by atoms with Crippen molar-refractivity contribution in [2.45, 2.75) is 44.2 Å². The van der Waals surface area contributed by atoms with Crippen molar-refractivity contribution in [2.75, 3.05) is 11.9 Å². The van der Waals surface area contributed by atoms with Gasteiger partial charge in [0.15, 0.2) is 0 Å². The van der Waals surface area contributed by atoms with Crippen LogP contribution < -0.4 is 5.32 Å². The van der Waals surface area contributed by atoms with Crippen LogP contribution >= 0.6 is 0 Å². The minimum Gasteiger partial charge on any atom is -0.376 e. The van der Waals surface area contributed by atoms with E-state index in [4.69, 9.17) is 10.00 Å². The summed E-state index contributed by atoms with van der Waals surface area (Å²) in [5.41, 5.74) is 1.74. The van der Waals surface area contributed by atoms with Crippen molar-refractivity contribution < 1.29 is 4.74 Å². The van der Waals surface area contributed by atoms with Crippen molar-refractivity contribution in [2.24, 2.45) is 0 Å².